The van der Waals surface area contributed by atoms with Gasteiger partial charge < -0.3 is 14.8 Å². The molecule has 100 valence electrons. The molecule has 2 rings (SSSR count). The number of rotatable bonds is 4. The van der Waals surface area contributed by atoms with Crippen LogP contribution in [0.2, 0.25) is 0 Å². The van der Waals surface area contributed by atoms with E-state index in [1.54, 1.807) is 19.2 Å². The van der Waals surface area contributed by atoms with E-state index in [4.69, 9.17) is 9.47 Å². The number of nitrogens with one attached hydrogen (secondary N) is 1. The smallest absolute Gasteiger partial charge is 0.132 e. The van der Waals surface area contributed by atoms with Gasteiger partial charge in [0.15, 0.2) is 0 Å². The zero-order chi connectivity index (χ0) is 13.0. The molecule has 0 amide bonds. The lowest BCUT2D eigenvalue weighted by molar-refractivity contribution is -0.0448. The van der Waals surface area contributed by atoms with Gasteiger partial charge in [-0.1, -0.05) is 19.4 Å². The van der Waals surface area contributed by atoms with Crippen molar-refractivity contribution >= 4 is 0 Å². The number of morpholine rings is 1. The van der Waals surface area contributed by atoms with E-state index in [9.17, 15) is 4.39 Å². The minimum Gasteiger partial charge on any atom is -0.496 e. The van der Waals surface area contributed by atoms with Crippen LogP contribution in [0.25, 0.3) is 0 Å². The van der Waals surface area contributed by atoms with E-state index in [0.29, 0.717) is 17.9 Å². The van der Waals surface area contributed by atoms with Crippen molar-refractivity contribution in [2.75, 3.05) is 20.2 Å². The quantitative estimate of drug-likeness (QED) is 0.895. The molecule has 1 heterocycles. The standard InChI is InChI=1S/C14H20FNO2/c1-3-5-10-8-16-9-13(18-10)14-11(15)6-4-7-12(14)17-2/h4,6-7,10,13,16H,3,5,8-9H2,1-2H3. The molecule has 1 fully saturated rings. The summed E-state index contributed by atoms with van der Waals surface area (Å²) in [5.41, 5.74) is 0.522. The molecule has 1 aliphatic rings. The van der Waals surface area contributed by atoms with Crippen LogP contribution in [-0.2, 0) is 4.74 Å². The van der Waals surface area contributed by atoms with E-state index in [-0.39, 0.29) is 18.0 Å². The van der Waals surface area contributed by atoms with Crippen LogP contribution in [0.5, 0.6) is 5.75 Å². The van der Waals surface area contributed by atoms with Gasteiger partial charge >= 0.3 is 0 Å². The molecule has 0 bridgehead atoms. The Balaban J connectivity index is 2.20. The first kappa shape index (κ1) is 13.3. The molecule has 2 atom stereocenters. The van der Waals surface area contributed by atoms with E-state index in [1.165, 1.54) is 6.07 Å². The molecular weight excluding hydrogens is 233 g/mol. The second kappa shape index (κ2) is 6.16. The van der Waals surface area contributed by atoms with Gasteiger partial charge in [-0.15, -0.1) is 0 Å². The number of methoxy groups -OCH3 is 1. The normalized spacial score (nSPS) is 23.9. The monoisotopic (exact) mass is 253 g/mol. The van der Waals surface area contributed by atoms with Crippen molar-refractivity contribution in [1.29, 1.82) is 0 Å². The molecule has 1 aliphatic heterocycles. The van der Waals surface area contributed by atoms with E-state index in [1.807, 2.05) is 0 Å². The van der Waals surface area contributed by atoms with E-state index >= 15 is 0 Å². The molecule has 0 saturated carbocycles. The van der Waals surface area contributed by atoms with E-state index in [0.717, 1.165) is 19.4 Å². The summed E-state index contributed by atoms with van der Waals surface area (Å²) in [6.45, 7) is 3.58. The van der Waals surface area contributed by atoms with Crippen molar-refractivity contribution in [2.45, 2.75) is 32.0 Å². The van der Waals surface area contributed by atoms with E-state index < -0.39 is 0 Å². The van der Waals surface area contributed by atoms with E-state index in [2.05, 4.69) is 12.2 Å². The summed E-state index contributed by atoms with van der Waals surface area (Å²) >= 11 is 0. The first-order valence-electron chi connectivity index (χ1n) is 6.44. The van der Waals surface area contributed by atoms with Crippen LogP contribution in [0.15, 0.2) is 18.2 Å². The SMILES string of the molecule is CCCC1CNCC(c2c(F)cccc2OC)O1. The van der Waals surface area contributed by atoms with Gasteiger partial charge in [0.2, 0.25) is 0 Å². The van der Waals surface area contributed by atoms with Gasteiger partial charge in [-0.05, 0) is 18.6 Å². The molecular formula is C14H20FNO2. The van der Waals surface area contributed by atoms with Gasteiger partial charge in [0.25, 0.3) is 0 Å². The molecule has 1 aromatic rings. The molecule has 0 aliphatic carbocycles. The van der Waals surface area contributed by atoms with Crippen LogP contribution in [0.4, 0.5) is 4.39 Å². The summed E-state index contributed by atoms with van der Waals surface area (Å²) in [7, 11) is 1.55. The van der Waals surface area contributed by atoms with Gasteiger partial charge in [-0.2, -0.15) is 0 Å². The zero-order valence-corrected chi connectivity index (χ0v) is 10.9. The Labute approximate surface area is 107 Å². The Bertz CT molecular complexity index is 395. The minimum absolute atomic E-state index is 0.151. The fraction of sp³-hybridized carbons (Fsp3) is 0.571. The van der Waals surface area contributed by atoms with Gasteiger partial charge in [-0.25, -0.2) is 4.39 Å². The summed E-state index contributed by atoms with van der Waals surface area (Å²) < 4.78 is 25.1. The Hall–Kier alpha value is -1.13. The summed E-state index contributed by atoms with van der Waals surface area (Å²) in [4.78, 5) is 0. The fourth-order valence-electron chi connectivity index (χ4n) is 2.37. The molecule has 0 radical (unpaired) electrons. The van der Waals surface area contributed by atoms with Crippen molar-refractivity contribution in [1.82, 2.24) is 5.32 Å². The number of ether oxygens (including phenoxy) is 2. The zero-order valence-electron chi connectivity index (χ0n) is 10.9. The predicted molar refractivity (Wildman–Crippen MR) is 68.3 cm³/mol. The van der Waals surface area contributed by atoms with Gasteiger partial charge in [0.1, 0.15) is 17.7 Å². The Morgan fingerprint density at radius 1 is 1.44 bits per heavy atom. The van der Waals surface area contributed by atoms with Crippen LogP contribution in [-0.4, -0.2) is 26.3 Å². The van der Waals surface area contributed by atoms with Crippen molar-refractivity contribution in [2.24, 2.45) is 0 Å². The summed E-state index contributed by atoms with van der Waals surface area (Å²) in [5.74, 6) is 0.289. The van der Waals surface area contributed by atoms with Crippen molar-refractivity contribution in [3.63, 3.8) is 0 Å². The lowest BCUT2D eigenvalue weighted by Gasteiger charge is -2.31. The summed E-state index contributed by atoms with van der Waals surface area (Å²) in [6, 6.07) is 4.87. The molecule has 1 N–H and O–H groups in total. The summed E-state index contributed by atoms with van der Waals surface area (Å²) in [5, 5.41) is 3.30. The average Bonchev–Trinajstić information content (AvgIpc) is 2.39. The average molecular weight is 253 g/mol. The third-order valence-electron chi connectivity index (χ3n) is 3.22. The maximum atomic E-state index is 13.9. The largest absolute Gasteiger partial charge is 0.496 e. The summed E-state index contributed by atoms with van der Waals surface area (Å²) in [6.07, 6.45) is 1.93. The maximum Gasteiger partial charge on any atom is 0.132 e. The molecule has 1 saturated heterocycles. The highest BCUT2D eigenvalue weighted by atomic mass is 19.1. The Morgan fingerprint density at radius 3 is 3.00 bits per heavy atom. The number of benzene rings is 1. The highest BCUT2D eigenvalue weighted by molar-refractivity contribution is 5.37. The molecule has 0 spiro atoms. The van der Waals surface area contributed by atoms with Crippen LogP contribution in [0, 0.1) is 5.82 Å². The van der Waals surface area contributed by atoms with Crippen LogP contribution >= 0.6 is 0 Å². The van der Waals surface area contributed by atoms with Crippen LogP contribution in [0.3, 0.4) is 0 Å². The molecule has 4 heteroatoms. The van der Waals surface area contributed by atoms with Crippen molar-refractivity contribution < 1.29 is 13.9 Å². The van der Waals surface area contributed by atoms with Crippen molar-refractivity contribution in [3.05, 3.63) is 29.6 Å². The predicted octanol–water partition coefficient (Wildman–Crippen LogP) is 2.66. The fourth-order valence-corrected chi connectivity index (χ4v) is 2.37. The highest BCUT2D eigenvalue weighted by Crippen LogP contribution is 2.32. The first-order valence-corrected chi connectivity index (χ1v) is 6.44. The molecule has 2 unspecified atom stereocenters. The maximum absolute atomic E-state index is 13.9. The van der Waals surface area contributed by atoms with Crippen LogP contribution in [0.1, 0.15) is 31.4 Å². The van der Waals surface area contributed by atoms with Gasteiger partial charge in [-0.3, -0.25) is 0 Å². The topological polar surface area (TPSA) is 30.5 Å². The third kappa shape index (κ3) is 2.82. The first-order chi connectivity index (χ1) is 8.76. The molecule has 3 nitrogen and oxygen atoms in total. The lowest BCUT2D eigenvalue weighted by atomic mass is 10.0. The Morgan fingerprint density at radius 2 is 2.28 bits per heavy atom. The van der Waals surface area contributed by atoms with Gasteiger partial charge in [0, 0.05) is 13.1 Å². The number of hydrogen-bond acceptors (Lipinski definition) is 3. The molecule has 18 heavy (non-hydrogen) atoms. The number of halogens is 1. The highest BCUT2D eigenvalue weighted by Gasteiger charge is 2.27. The Kier molecular flexibility index (Phi) is 4.55. The number of hydrogen-bond donors (Lipinski definition) is 1. The van der Waals surface area contributed by atoms with Crippen LogP contribution < -0.4 is 10.1 Å². The second-order valence-electron chi connectivity index (χ2n) is 4.55. The minimum atomic E-state index is -0.272. The molecule has 1 aromatic carbocycles. The third-order valence-corrected chi connectivity index (χ3v) is 3.22. The van der Waals surface area contributed by atoms with Crippen molar-refractivity contribution in [3.8, 4) is 5.75 Å². The van der Waals surface area contributed by atoms with Gasteiger partial charge in [0.05, 0.1) is 18.8 Å². The second-order valence-corrected chi connectivity index (χ2v) is 4.55. The lowest BCUT2D eigenvalue weighted by Crippen LogP contribution is -2.40. The molecule has 0 aromatic heterocycles.